The molecule has 3 heterocycles. The molecular weight excluding hydrogens is 298 g/mol. The average Bonchev–Trinajstić information content (AvgIpc) is 3.15. The number of benzene rings is 1. The van der Waals surface area contributed by atoms with Gasteiger partial charge >= 0.3 is 0 Å². The van der Waals surface area contributed by atoms with Crippen molar-refractivity contribution in [3.63, 3.8) is 0 Å². The van der Waals surface area contributed by atoms with Crippen LogP contribution >= 0.6 is 0 Å². The van der Waals surface area contributed by atoms with Crippen LogP contribution in [0.15, 0.2) is 41.4 Å². The lowest BCUT2D eigenvalue weighted by Crippen LogP contribution is -2.44. The maximum atomic E-state index is 13.0. The molecule has 0 saturated carbocycles. The van der Waals surface area contributed by atoms with Crippen LogP contribution in [0.25, 0.3) is 10.8 Å². The molecule has 0 bridgehead atoms. The Kier molecular flexibility index (Phi) is 3.43. The summed E-state index contributed by atoms with van der Waals surface area (Å²) in [4.78, 5) is 18.7. The number of amides is 1. The average molecular weight is 311 g/mol. The Labute approximate surface area is 131 Å². The smallest absolute Gasteiger partial charge is 0.275 e. The highest BCUT2D eigenvalue weighted by Gasteiger charge is 2.33. The normalized spacial score (nSPS) is 18.3. The number of carbonyl (C=O) groups excluding carboxylic acids is 1. The molecular formula is C15H13N5O3. The van der Waals surface area contributed by atoms with Gasteiger partial charge in [0.2, 0.25) is 6.39 Å². The number of fused-ring (bicyclic) bond motifs is 1. The lowest BCUT2D eigenvalue weighted by molar-refractivity contribution is -0.00601. The lowest BCUT2D eigenvalue weighted by atomic mass is 10.1. The molecule has 1 atom stereocenters. The molecule has 0 N–H and O–H groups in total. The number of ether oxygens (including phenoxy) is 1. The van der Waals surface area contributed by atoms with Crippen molar-refractivity contribution in [2.45, 2.75) is 6.04 Å². The first-order chi connectivity index (χ1) is 11.3. The second kappa shape index (κ2) is 5.73. The highest BCUT2D eigenvalue weighted by molar-refractivity contribution is 6.04. The van der Waals surface area contributed by atoms with Crippen LogP contribution in [-0.4, -0.2) is 50.9 Å². The highest BCUT2D eigenvalue weighted by atomic mass is 16.5. The van der Waals surface area contributed by atoms with Gasteiger partial charge in [-0.1, -0.05) is 29.4 Å². The SMILES string of the molecule is O=C(c1nncc2ccccc12)N1CCOCC1c1ncon1. The molecule has 3 aromatic rings. The Morgan fingerprint density at radius 2 is 2.22 bits per heavy atom. The predicted molar refractivity (Wildman–Crippen MR) is 78.4 cm³/mol. The summed E-state index contributed by atoms with van der Waals surface area (Å²) in [5.74, 6) is 0.207. The van der Waals surface area contributed by atoms with Gasteiger partial charge in [0.25, 0.3) is 5.91 Å². The van der Waals surface area contributed by atoms with E-state index >= 15 is 0 Å². The predicted octanol–water partition coefficient (Wildman–Crippen LogP) is 1.23. The van der Waals surface area contributed by atoms with E-state index in [4.69, 9.17) is 9.26 Å². The van der Waals surface area contributed by atoms with Gasteiger partial charge in [0.1, 0.15) is 6.04 Å². The van der Waals surface area contributed by atoms with E-state index in [-0.39, 0.29) is 5.91 Å². The monoisotopic (exact) mass is 311 g/mol. The summed E-state index contributed by atoms with van der Waals surface area (Å²) in [5.41, 5.74) is 0.318. The number of rotatable bonds is 2. The number of aromatic nitrogens is 4. The molecule has 4 rings (SSSR count). The van der Waals surface area contributed by atoms with Crippen LogP contribution in [0.5, 0.6) is 0 Å². The third-order valence-electron chi connectivity index (χ3n) is 3.84. The van der Waals surface area contributed by atoms with E-state index in [9.17, 15) is 4.79 Å². The number of nitrogens with zero attached hydrogens (tertiary/aromatic N) is 5. The van der Waals surface area contributed by atoms with Crippen LogP contribution in [0.1, 0.15) is 22.4 Å². The van der Waals surface area contributed by atoms with Crippen molar-refractivity contribution in [1.82, 2.24) is 25.2 Å². The fraction of sp³-hybridized carbons (Fsp3) is 0.267. The molecule has 1 aliphatic heterocycles. The van der Waals surface area contributed by atoms with Crippen molar-refractivity contribution < 1.29 is 14.1 Å². The first-order valence-corrected chi connectivity index (χ1v) is 7.20. The van der Waals surface area contributed by atoms with Gasteiger partial charge in [0, 0.05) is 17.3 Å². The molecule has 2 aromatic heterocycles. The largest absolute Gasteiger partial charge is 0.377 e. The second-order valence-corrected chi connectivity index (χ2v) is 5.16. The summed E-state index contributed by atoms with van der Waals surface area (Å²) in [6, 6.07) is 7.14. The van der Waals surface area contributed by atoms with Gasteiger partial charge in [0.15, 0.2) is 11.5 Å². The van der Waals surface area contributed by atoms with Crippen molar-refractivity contribution in [3.8, 4) is 0 Å². The molecule has 116 valence electrons. The minimum absolute atomic E-state index is 0.215. The molecule has 0 aliphatic carbocycles. The second-order valence-electron chi connectivity index (χ2n) is 5.16. The minimum atomic E-state index is -0.393. The summed E-state index contributed by atoms with van der Waals surface area (Å²) in [5, 5.41) is 13.5. The fourth-order valence-corrected chi connectivity index (χ4v) is 2.71. The molecule has 23 heavy (non-hydrogen) atoms. The Morgan fingerprint density at radius 1 is 1.30 bits per heavy atom. The van der Waals surface area contributed by atoms with Crippen molar-refractivity contribution in [1.29, 1.82) is 0 Å². The summed E-state index contributed by atoms with van der Waals surface area (Å²) in [7, 11) is 0. The molecule has 0 radical (unpaired) electrons. The van der Waals surface area contributed by atoms with Crippen molar-refractivity contribution in [2.24, 2.45) is 0 Å². The summed E-state index contributed by atoms with van der Waals surface area (Å²) >= 11 is 0. The van der Waals surface area contributed by atoms with E-state index in [0.29, 0.717) is 31.3 Å². The van der Waals surface area contributed by atoms with Gasteiger partial charge in [-0.2, -0.15) is 10.1 Å². The zero-order valence-corrected chi connectivity index (χ0v) is 12.1. The van der Waals surface area contributed by atoms with Crippen LogP contribution in [-0.2, 0) is 4.74 Å². The van der Waals surface area contributed by atoms with Gasteiger partial charge in [-0.3, -0.25) is 4.79 Å². The molecule has 1 amide bonds. The molecule has 1 unspecified atom stereocenters. The number of hydrogen-bond donors (Lipinski definition) is 0. The summed E-state index contributed by atoms with van der Waals surface area (Å²) in [6.07, 6.45) is 2.88. The molecule has 1 aromatic carbocycles. The number of morpholine rings is 1. The lowest BCUT2D eigenvalue weighted by Gasteiger charge is -2.33. The molecule has 1 aliphatic rings. The van der Waals surface area contributed by atoms with E-state index < -0.39 is 6.04 Å². The molecule has 8 nitrogen and oxygen atoms in total. The van der Waals surface area contributed by atoms with Gasteiger partial charge in [-0.15, -0.1) is 5.10 Å². The van der Waals surface area contributed by atoms with Crippen LogP contribution in [0.4, 0.5) is 0 Å². The quantitative estimate of drug-likeness (QED) is 0.702. The van der Waals surface area contributed by atoms with Crippen molar-refractivity contribution >= 4 is 16.7 Å². The topological polar surface area (TPSA) is 94.2 Å². The maximum Gasteiger partial charge on any atom is 0.275 e. The Bertz CT molecular complexity index is 831. The molecule has 0 spiro atoms. The van der Waals surface area contributed by atoms with Gasteiger partial charge in [-0.05, 0) is 0 Å². The molecule has 1 fully saturated rings. The number of hydrogen-bond acceptors (Lipinski definition) is 7. The standard InChI is InChI=1S/C15H13N5O3/c21-15(13-11-4-2-1-3-10(11)7-17-18-13)20-5-6-22-8-12(20)14-16-9-23-19-14/h1-4,7,9,12H,5-6,8H2. The zero-order valence-electron chi connectivity index (χ0n) is 12.1. The van der Waals surface area contributed by atoms with Crippen LogP contribution in [0.2, 0.25) is 0 Å². The number of carbonyl (C=O) groups is 1. The van der Waals surface area contributed by atoms with Crippen LogP contribution in [0.3, 0.4) is 0 Å². The van der Waals surface area contributed by atoms with Gasteiger partial charge < -0.3 is 14.2 Å². The highest BCUT2D eigenvalue weighted by Crippen LogP contribution is 2.25. The maximum absolute atomic E-state index is 13.0. The van der Waals surface area contributed by atoms with Crippen LogP contribution in [0, 0.1) is 0 Å². The van der Waals surface area contributed by atoms with Crippen molar-refractivity contribution in [2.75, 3.05) is 19.8 Å². The minimum Gasteiger partial charge on any atom is -0.377 e. The third-order valence-corrected chi connectivity index (χ3v) is 3.84. The van der Waals surface area contributed by atoms with Gasteiger partial charge in [0.05, 0.1) is 19.4 Å². The Hall–Kier alpha value is -2.87. The third kappa shape index (κ3) is 2.42. The van der Waals surface area contributed by atoms with E-state index in [1.54, 1.807) is 11.1 Å². The summed E-state index contributed by atoms with van der Waals surface area (Å²) < 4.78 is 10.2. The van der Waals surface area contributed by atoms with E-state index in [1.165, 1.54) is 6.39 Å². The van der Waals surface area contributed by atoms with E-state index in [1.807, 2.05) is 24.3 Å². The zero-order chi connectivity index (χ0) is 15.6. The fourth-order valence-electron chi connectivity index (χ4n) is 2.71. The molecule has 8 heteroatoms. The first kappa shape index (κ1) is 13.8. The van der Waals surface area contributed by atoms with Crippen LogP contribution < -0.4 is 0 Å². The Balaban J connectivity index is 1.74. The van der Waals surface area contributed by atoms with E-state index in [2.05, 4.69) is 20.3 Å². The summed E-state index contributed by atoms with van der Waals surface area (Å²) in [6.45, 7) is 1.21. The Morgan fingerprint density at radius 3 is 3.09 bits per heavy atom. The molecule has 1 saturated heterocycles. The van der Waals surface area contributed by atoms with Gasteiger partial charge in [-0.25, -0.2) is 0 Å². The first-order valence-electron chi connectivity index (χ1n) is 7.20. The van der Waals surface area contributed by atoms with E-state index in [0.717, 1.165) is 10.8 Å². The van der Waals surface area contributed by atoms with Crippen molar-refractivity contribution in [3.05, 3.63) is 48.4 Å².